The van der Waals surface area contributed by atoms with Crippen molar-refractivity contribution in [2.24, 2.45) is 0 Å². The van der Waals surface area contributed by atoms with E-state index in [4.69, 9.17) is 11.6 Å². The fourth-order valence-electron chi connectivity index (χ4n) is 2.29. The van der Waals surface area contributed by atoms with Gasteiger partial charge >= 0.3 is 0 Å². The molecule has 104 valence electrons. The third-order valence-electron chi connectivity index (χ3n) is 3.38. The number of amides is 1. The lowest BCUT2D eigenvalue weighted by Gasteiger charge is -2.21. The average molecular weight is 283 g/mol. The Morgan fingerprint density at radius 2 is 2.32 bits per heavy atom. The van der Waals surface area contributed by atoms with Crippen LogP contribution in [0.4, 0.5) is 11.4 Å². The summed E-state index contributed by atoms with van der Waals surface area (Å²) in [4.78, 5) is 13.6. The van der Waals surface area contributed by atoms with Crippen LogP contribution in [-0.2, 0) is 4.79 Å². The molecule has 1 aromatic rings. The van der Waals surface area contributed by atoms with Gasteiger partial charge < -0.3 is 15.3 Å². The Balaban J connectivity index is 2.15. The minimum Gasteiger partial charge on any atom is -0.390 e. The van der Waals surface area contributed by atoms with Crippen LogP contribution in [0.15, 0.2) is 18.2 Å². The van der Waals surface area contributed by atoms with E-state index in [1.54, 1.807) is 0 Å². The molecule has 1 heterocycles. The van der Waals surface area contributed by atoms with E-state index in [-0.39, 0.29) is 11.8 Å². The largest absolute Gasteiger partial charge is 0.390 e. The van der Waals surface area contributed by atoms with E-state index in [0.717, 1.165) is 29.9 Å². The van der Waals surface area contributed by atoms with E-state index in [9.17, 15) is 9.90 Å². The van der Waals surface area contributed by atoms with Crippen molar-refractivity contribution in [3.05, 3.63) is 23.8 Å². The summed E-state index contributed by atoms with van der Waals surface area (Å²) in [6.07, 6.45) is 0.973. The van der Waals surface area contributed by atoms with Gasteiger partial charge in [0.25, 0.3) is 0 Å². The second-order valence-electron chi connectivity index (χ2n) is 4.79. The number of nitrogens with zero attached hydrogens (tertiary/aromatic N) is 1. The first kappa shape index (κ1) is 14.2. The highest BCUT2D eigenvalue weighted by Crippen LogP contribution is 2.29. The highest BCUT2D eigenvalue weighted by molar-refractivity contribution is 6.18. The maximum atomic E-state index is 11.8. The molecule has 1 amide bonds. The van der Waals surface area contributed by atoms with Gasteiger partial charge in [0, 0.05) is 30.9 Å². The van der Waals surface area contributed by atoms with Crippen molar-refractivity contribution < 1.29 is 9.90 Å². The fraction of sp³-hybridized carbons (Fsp3) is 0.500. The zero-order valence-electron chi connectivity index (χ0n) is 11.0. The Hall–Kier alpha value is -1.26. The van der Waals surface area contributed by atoms with Crippen LogP contribution in [0.5, 0.6) is 0 Å². The summed E-state index contributed by atoms with van der Waals surface area (Å²) >= 11 is 5.57. The zero-order chi connectivity index (χ0) is 13.8. The van der Waals surface area contributed by atoms with Crippen LogP contribution in [0, 0.1) is 6.92 Å². The monoisotopic (exact) mass is 282 g/mol. The highest BCUT2D eigenvalue weighted by atomic mass is 35.5. The summed E-state index contributed by atoms with van der Waals surface area (Å²) in [6, 6.07) is 5.82. The van der Waals surface area contributed by atoms with Crippen LogP contribution in [-0.4, -0.2) is 36.1 Å². The molecule has 19 heavy (non-hydrogen) atoms. The lowest BCUT2D eigenvalue weighted by Crippen LogP contribution is -2.25. The molecule has 2 N–H and O–H groups in total. The second-order valence-corrected chi connectivity index (χ2v) is 5.10. The van der Waals surface area contributed by atoms with Gasteiger partial charge in [-0.3, -0.25) is 4.79 Å². The number of aliphatic hydroxyl groups is 1. The van der Waals surface area contributed by atoms with Crippen molar-refractivity contribution in [2.75, 3.05) is 29.2 Å². The first-order valence-electron chi connectivity index (χ1n) is 6.51. The SMILES string of the molecule is Cc1c(NCC(O)CCl)cccc1N1CCCC1=O. The van der Waals surface area contributed by atoms with Crippen LogP contribution in [0.2, 0.25) is 0 Å². The Kier molecular flexibility index (Phi) is 4.66. The summed E-state index contributed by atoms with van der Waals surface area (Å²) in [5.41, 5.74) is 2.91. The molecular weight excluding hydrogens is 264 g/mol. The van der Waals surface area contributed by atoms with E-state index in [1.165, 1.54) is 0 Å². The molecule has 1 aromatic carbocycles. The quantitative estimate of drug-likeness (QED) is 0.814. The highest BCUT2D eigenvalue weighted by Gasteiger charge is 2.23. The van der Waals surface area contributed by atoms with Crippen molar-refractivity contribution in [3.63, 3.8) is 0 Å². The molecule has 5 heteroatoms. The Labute approximate surface area is 118 Å². The molecule has 0 saturated carbocycles. The maximum Gasteiger partial charge on any atom is 0.227 e. The van der Waals surface area contributed by atoms with Gasteiger partial charge in [0.2, 0.25) is 5.91 Å². The van der Waals surface area contributed by atoms with Crippen LogP contribution in [0.1, 0.15) is 18.4 Å². The van der Waals surface area contributed by atoms with Gasteiger partial charge in [-0.2, -0.15) is 0 Å². The molecule has 0 spiro atoms. The molecule has 2 rings (SSSR count). The normalized spacial score (nSPS) is 16.8. The molecule has 1 aliphatic heterocycles. The summed E-state index contributed by atoms with van der Waals surface area (Å²) in [5, 5.41) is 12.6. The van der Waals surface area contributed by atoms with Crippen LogP contribution >= 0.6 is 11.6 Å². The summed E-state index contributed by atoms with van der Waals surface area (Å²) in [7, 11) is 0. The Morgan fingerprint density at radius 1 is 1.53 bits per heavy atom. The summed E-state index contributed by atoms with van der Waals surface area (Å²) < 4.78 is 0. The van der Waals surface area contributed by atoms with Crippen molar-refractivity contribution in [2.45, 2.75) is 25.9 Å². The van der Waals surface area contributed by atoms with Gasteiger partial charge in [0.05, 0.1) is 12.0 Å². The van der Waals surface area contributed by atoms with E-state index in [2.05, 4.69) is 5.32 Å². The van der Waals surface area contributed by atoms with E-state index < -0.39 is 6.10 Å². The molecule has 0 radical (unpaired) electrons. The van der Waals surface area contributed by atoms with Crippen molar-refractivity contribution in [1.29, 1.82) is 0 Å². The average Bonchev–Trinajstić information content (AvgIpc) is 2.83. The van der Waals surface area contributed by atoms with E-state index >= 15 is 0 Å². The number of rotatable bonds is 5. The van der Waals surface area contributed by atoms with Gasteiger partial charge in [0.15, 0.2) is 0 Å². The predicted molar refractivity (Wildman–Crippen MR) is 78.0 cm³/mol. The number of carbonyl (C=O) groups excluding carboxylic acids is 1. The number of halogens is 1. The first-order chi connectivity index (χ1) is 9.13. The molecule has 0 aliphatic carbocycles. The summed E-state index contributed by atoms with van der Waals surface area (Å²) in [5.74, 6) is 0.386. The van der Waals surface area contributed by atoms with Crippen molar-refractivity contribution >= 4 is 28.9 Å². The first-order valence-corrected chi connectivity index (χ1v) is 7.05. The number of hydrogen-bond acceptors (Lipinski definition) is 3. The number of anilines is 2. The second kappa shape index (κ2) is 6.26. The Bertz CT molecular complexity index is 465. The minimum atomic E-state index is -0.571. The third kappa shape index (κ3) is 3.19. The van der Waals surface area contributed by atoms with Crippen LogP contribution in [0.3, 0.4) is 0 Å². The third-order valence-corrected chi connectivity index (χ3v) is 3.73. The standard InChI is InChI=1S/C14H19ClN2O2/c1-10-12(16-9-11(18)8-15)4-2-5-13(10)17-7-3-6-14(17)19/h2,4-5,11,16,18H,3,6-9H2,1H3. The van der Waals surface area contributed by atoms with Crippen molar-refractivity contribution in [1.82, 2.24) is 0 Å². The lowest BCUT2D eigenvalue weighted by molar-refractivity contribution is -0.117. The smallest absolute Gasteiger partial charge is 0.227 e. The number of benzene rings is 1. The molecule has 1 unspecified atom stereocenters. The lowest BCUT2D eigenvalue weighted by atomic mass is 10.1. The molecule has 1 fully saturated rings. The molecule has 0 bridgehead atoms. The number of nitrogens with one attached hydrogen (secondary N) is 1. The van der Waals surface area contributed by atoms with E-state index in [1.807, 2.05) is 30.0 Å². The van der Waals surface area contributed by atoms with Gasteiger partial charge in [-0.25, -0.2) is 0 Å². The van der Waals surface area contributed by atoms with Gasteiger partial charge in [-0.1, -0.05) is 6.07 Å². The van der Waals surface area contributed by atoms with Gasteiger partial charge in [-0.05, 0) is 31.0 Å². The van der Waals surface area contributed by atoms with Gasteiger partial charge in [0.1, 0.15) is 0 Å². The van der Waals surface area contributed by atoms with Crippen molar-refractivity contribution in [3.8, 4) is 0 Å². The fourth-order valence-corrected chi connectivity index (χ4v) is 2.40. The Morgan fingerprint density at radius 3 is 2.95 bits per heavy atom. The molecule has 1 aliphatic rings. The number of hydrogen-bond donors (Lipinski definition) is 2. The maximum absolute atomic E-state index is 11.8. The molecule has 0 aromatic heterocycles. The van der Waals surface area contributed by atoms with Crippen LogP contribution in [0.25, 0.3) is 0 Å². The number of alkyl halides is 1. The number of carbonyl (C=O) groups is 1. The molecule has 4 nitrogen and oxygen atoms in total. The van der Waals surface area contributed by atoms with E-state index in [0.29, 0.717) is 13.0 Å². The number of aliphatic hydroxyl groups excluding tert-OH is 1. The molecule has 1 atom stereocenters. The van der Waals surface area contributed by atoms with Gasteiger partial charge in [-0.15, -0.1) is 11.6 Å². The molecular formula is C14H19ClN2O2. The predicted octanol–water partition coefficient (Wildman–Crippen LogP) is 2.13. The minimum absolute atomic E-state index is 0.182. The summed E-state index contributed by atoms with van der Waals surface area (Å²) in [6.45, 7) is 3.17. The topological polar surface area (TPSA) is 52.6 Å². The zero-order valence-corrected chi connectivity index (χ0v) is 11.8. The molecule has 1 saturated heterocycles. The van der Waals surface area contributed by atoms with Crippen LogP contribution < -0.4 is 10.2 Å².